The quantitative estimate of drug-likeness (QED) is 0.730. The van der Waals surface area contributed by atoms with Gasteiger partial charge in [-0.15, -0.1) is 0 Å². The van der Waals surface area contributed by atoms with E-state index in [1.165, 1.54) is 18.3 Å². The Hall–Kier alpha value is -2.81. The van der Waals surface area contributed by atoms with Gasteiger partial charge in [0.1, 0.15) is 0 Å². The maximum atomic E-state index is 12.2. The summed E-state index contributed by atoms with van der Waals surface area (Å²) in [5.41, 5.74) is 1.89. The van der Waals surface area contributed by atoms with Gasteiger partial charge in [0.15, 0.2) is 6.61 Å². The van der Waals surface area contributed by atoms with E-state index in [2.05, 4.69) is 20.4 Å². The van der Waals surface area contributed by atoms with Crippen molar-refractivity contribution in [2.45, 2.75) is 19.1 Å². The monoisotopic (exact) mass is 369 g/mol. The van der Waals surface area contributed by atoms with E-state index in [4.69, 9.17) is 0 Å². The summed E-state index contributed by atoms with van der Waals surface area (Å²) in [5, 5.41) is 14.7. The van der Waals surface area contributed by atoms with Crippen LogP contribution in [0.2, 0.25) is 0 Å². The molecule has 0 radical (unpaired) electrons. The molecule has 9 heteroatoms. The largest absolute Gasteiger partial charge is 0.468 e. The summed E-state index contributed by atoms with van der Waals surface area (Å²) in [4.78, 5) is 15.8. The number of halogens is 3. The number of carbonyl (C=O) groups is 1. The van der Waals surface area contributed by atoms with Gasteiger partial charge in [-0.25, -0.2) is 9.78 Å². The molecule has 0 saturated heterocycles. The molecule has 2 amide bonds. The van der Waals surface area contributed by atoms with Crippen molar-refractivity contribution in [2.75, 3.05) is 18.5 Å². The van der Waals surface area contributed by atoms with Crippen molar-refractivity contribution in [1.29, 1.82) is 0 Å². The Morgan fingerprint density at radius 3 is 2.73 bits per heavy atom. The average Bonchev–Trinajstić information content (AvgIpc) is 2.57. The highest BCUT2D eigenvalue weighted by molar-refractivity contribution is 5.89. The van der Waals surface area contributed by atoms with E-state index in [1.54, 1.807) is 18.2 Å². The second-order valence-electron chi connectivity index (χ2n) is 5.53. The summed E-state index contributed by atoms with van der Waals surface area (Å²) < 4.78 is 41.2. The van der Waals surface area contributed by atoms with Gasteiger partial charge in [0, 0.05) is 18.0 Å². The van der Waals surface area contributed by atoms with Crippen LogP contribution in [-0.4, -0.2) is 35.5 Å². The van der Waals surface area contributed by atoms with Gasteiger partial charge in [-0.2, -0.15) is 13.2 Å². The number of aryl methyl sites for hydroxylation is 1. The second-order valence-corrected chi connectivity index (χ2v) is 5.53. The van der Waals surface area contributed by atoms with E-state index in [1.807, 2.05) is 13.0 Å². The zero-order valence-corrected chi connectivity index (χ0v) is 13.9. The SMILES string of the molecule is Cc1cccc(NC(=O)NC(CO)c2ccnc(OCC(F)(F)F)c2)c1. The third-order valence-corrected chi connectivity index (χ3v) is 3.31. The molecule has 6 nitrogen and oxygen atoms in total. The number of aliphatic hydroxyl groups is 1. The van der Waals surface area contributed by atoms with Crippen LogP contribution in [0.1, 0.15) is 17.2 Å². The summed E-state index contributed by atoms with van der Waals surface area (Å²) >= 11 is 0. The predicted molar refractivity (Wildman–Crippen MR) is 88.9 cm³/mol. The van der Waals surface area contributed by atoms with Crippen molar-refractivity contribution in [3.8, 4) is 5.88 Å². The lowest BCUT2D eigenvalue weighted by molar-refractivity contribution is -0.154. The zero-order valence-electron chi connectivity index (χ0n) is 13.9. The first-order chi connectivity index (χ1) is 12.3. The van der Waals surface area contributed by atoms with Crippen molar-refractivity contribution in [3.05, 3.63) is 53.7 Å². The summed E-state index contributed by atoms with van der Waals surface area (Å²) in [6, 6.07) is 8.42. The number of aliphatic hydroxyl groups excluding tert-OH is 1. The number of nitrogens with one attached hydrogen (secondary N) is 2. The van der Waals surface area contributed by atoms with Gasteiger partial charge in [0.2, 0.25) is 5.88 Å². The number of hydrogen-bond acceptors (Lipinski definition) is 4. The number of carbonyl (C=O) groups excluding carboxylic acids is 1. The molecule has 1 aromatic heterocycles. The molecule has 0 aliphatic heterocycles. The molecule has 0 aliphatic carbocycles. The normalized spacial score (nSPS) is 12.3. The summed E-state index contributed by atoms with van der Waals surface area (Å²) in [5.74, 6) is -0.251. The Labute approximate surface area is 148 Å². The summed E-state index contributed by atoms with van der Waals surface area (Å²) in [6.45, 7) is -0.0580. The fraction of sp³-hybridized carbons (Fsp3) is 0.294. The first-order valence-corrected chi connectivity index (χ1v) is 7.67. The Morgan fingerprint density at radius 1 is 1.31 bits per heavy atom. The Bertz CT molecular complexity index is 753. The van der Waals surface area contributed by atoms with Crippen LogP contribution in [0.4, 0.5) is 23.7 Å². The number of ether oxygens (including phenoxy) is 1. The Balaban J connectivity index is 2.02. The fourth-order valence-corrected chi connectivity index (χ4v) is 2.16. The maximum Gasteiger partial charge on any atom is 0.422 e. The minimum Gasteiger partial charge on any atom is -0.468 e. The Kier molecular flexibility index (Phi) is 6.40. The number of amides is 2. The lowest BCUT2D eigenvalue weighted by Crippen LogP contribution is -2.34. The molecule has 1 heterocycles. The van der Waals surface area contributed by atoms with Crippen LogP contribution in [0.3, 0.4) is 0 Å². The molecule has 1 unspecified atom stereocenters. The number of benzene rings is 1. The van der Waals surface area contributed by atoms with E-state index >= 15 is 0 Å². The lowest BCUT2D eigenvalue weighted by Gasteiger charge is -2.18. The van der Waals surface area contributed by atoms with Crippen LogP contribution in [0, 0.1) is 6.92 Å². The van der Waals surface area contributed by atoms with Crippen LogP contribution in [0.15, 0.2) is 42.6 Å². The standard InChI is InChI=1S/C17H18F3N3O3/c1-11-3-2-4-13(7-11)22-16(25)23-14(9-24)12-5-6-21-15(8-12)26-10-17(18,19)20/h2-8,14,24H,9-10H2,1H3,(H2,22,23,25). The highest BCUT2D eigenvalue weighted by Crippen LogP contribution is 2.20. The molecule has 2 aromatic rings. The van der Waals surface area contributed by atoms with Crippen molar-refractivity contribution in [1.82, 2.24) is 10.3 Å². The first-order valence-electron chi connectivity index (χ1n) is 7.67. The minimum absolute atomic E-state index is 0.251. The third kappa shape index (κ3) is 6.25. The van der Waals surface area contributed by atoms with Gasteiger partial charge in [-0.1, -0.05) is 12.1 Å². The zero-order chi connectivity index (χ0) is 19.2. The molecule has 0 fully saturated rings. The number of aromatic nitrogens is 1. The van der Waals surface area contributed by atoms with Gasteiger partial charge in [0.25, 0.3) is 0 Å². The number of nitrogens with zero attached hydrogens (tertiary/aromatic N) is 1. The molecule has 140 valence electrons. The maximum absolute atomic E-state index is 12.2. The van der Waals surface area contributed by atoms with Crippen molar-refractivity contribution < 1.29 is 27.8 Å². The molecule has 1 aromatic carbocycles. The molecule has 0 aliphatic rings. The van der Waals surface area contributed by atoms with Gasteiger partial charge in [0.05, 0.1) is 12.6 Å². The van der Waals surface area contributed by atoms with E-state index in [0.29, 0.717) is 11.3 Å². The van der Waals surface area contributed by atoms with E-state index in [0.717, 1.165) is 5.56 Å². The van der Waals surface area contributed by atoms with Gasteiger partial charge >= 0.3 is 12.2 Å². The molecule has 0 saturated carbocycles. The highest BCUT2D eigenvalue weighted by atomic mass is 19.4. The molecule has 0 bridgehead atoms. The average molecular weight is 369 g/mol. The van der Waals surface area contributed by atoms with Crippen LogP contribution < -0.4 is 15.4 Å². The van der Waals surface area contributed by atoms with E-state index in [-0.39, 0.29) is 5.88 Å². The molecule has 1 atom stereocenters. The van der Waals surface area contributed by atoms with E-state index < -0.39 is 31.5 Å². The smallest absolute Gasteiger partial charge is 0.422 e. The Morgan fingerprint density at radius 2 is 2.08 bits per heavy atom. The van der Waals surface area contributed by atoms with Crippen LogP contribution in [-0.2, 0) is 0 Å². The third-order valence-electron chi connectivity index (χ3n) is 3.31. The number of alkyl halides is 3. The molecule has 2 rings (SSSR count). The number of urea groups is 1. The van der Waals surface area contributed by atoms with Gasteiger partial charge in [-0.05, 0) is 36.2 Å². The minimum atomic E-state index is -4.49. The summed E-state index contributed by atoms with van der Waals surface area (Å²) in [7, 11) is 0. The van der Waals surface area contributed by atoms with Crippen LogP contribution in [0.25, 0.3) is 0 Å². The molecule has 3 N–H and O–H groups in total. The van der Waals surface area contributed by atoms with Crippen LogP contribution in [0.5, 0.6) is 5.88 Å². The molecule has 0 spiro atoms. The van der Waals surface area contributed by atoms with Gasteiger partial charge in [-0.3, -0.25) is 0 Å². The van der Waals surface area contributed by atoms with Crippen molar-refractivity contribution in [3.63, 3.8) is 0 Å². The number of rotatable bonds is 6. The van der Waals surface area contributed by atoms with Crippen LogP contribution >= 0.6 is 0 Å². The second kappa shape index (κ2) is 8.52. The van der Waals surface area contributed by atoms with Crippen molar-refractivity contribution >= 4 is 11.7 Å². The number of anilines is 1. The summed E-state index contributed by atoms with van der Waals surface area (Å²) in [6.07, 6.45) is -3.25. The van der Waals surface area contributed by atoms with E-state index in [9.17, 15) is 23.1 Å². The predicted octanol–water partition coefficient (Wildman–Crippen LogP) is 3.19. The first kappa shape index (κ1) is 19.5. The topological polar surface area (TPSA) is 83.5 Å². The molecular weight excluding hydrogens is 351 g/mol. The number of pyridine rings is 1. The highest BCUT2D eigenvalue weighted by Gasteiger charge is 2.28. The molecular formula is C17H18F3N3O3. The van der Waals surface area contributed by atoms with Crippen molar-refractivity contribution in [2.24, 2.45) is 0 Å². The lowest BCUT2D eigenvalue weighted by atomic mass is 10.1. The van der Waals surface area contributed by atoms with Gasteiger partial charge < -0.3 is 20.5 Å². The molecule has 26 heavy (non-hydrogen) atoms. The number of hydrogen-bond donors (Lipinski definition) is 3. The fourth-order valence-electron chi connectivity index (χ4n) is 2.16.